The molecule has 0 radical (unpaired) electrons. The molecule has 0 aromatic heterocycles. The Labute approximate surface area is 381 Å². The van der Waals surface area contributed by atoms with E-state index in [1.54, 1.807) is 48.5 Å². The summed E-state index contributed by atoms with van der Waals surface area (Å²) in [5.74, 6) is 0.949. The first-order valence-corrected chi connectivity index (χ1v) is 22.0. The number of benzene rings is 4. The van der Waals surface area contributed by atoms with Gasteiger partial charge in [0.05, 0.1) is 0 Å². The van der Waals surface area contributed by atoms with Crippen LogP contribution in [0.25, 0.3) is 33.4 Å². The van der Waals surface area contributed by atoms with E-state index in [9.17, 15) is 0 Å². The number of allylic oxidation sites excluding steroid dienone is 8. The second-order valence-electron chi connectivity index (χ2n) is 17.7. The average Bonchev–Trinajstić information content (AvgIpc) is 3.85. The molecule has 0 spiro atoms. The topological polar surface area (TPSA) is 0 Å². The average molecular weight is 936 g/mol. The van der Waals surface area contributed by atoms with Crippen molar-refractivity contribution in [3.8, 4) is 22.3 Å². The number of hydrogen-bond donors (Lipinski definition) is 0. The quantitative estimate of drug-likeness (QED) is 0.157. The molecule has 4 heteroatoms. The molecule has 0 saturated carbocycles. The summed E-state index contributed by atoms with van der Waals surface area (Å²) < 4.78 is 3.01. The summed E-state index contributed by atoms with van der Waals surface area (Å²) in [4.78, 5) is 0. The molecule has 8 rings (SSSR count). The maximum absolute atomic E-state index is 3.71. The van der Waals surface area contributed by atoms with Crippen molar-refractivity contribution >= 4 is 17.6 Å². The van der Waals surface area contributed by atoms with Crippen molar-refractivity contribution in [2.24, 2.45) is 22.7 Å². The minimum atomic E-state index is 0. The Morgan fingerprint density at radius 3 is 1.14 bits per heavy atom. The fraction of sp³-hybridized carbons (Fsp3) is 0.346. The molecule has 288 valence electrons. The Bertz CT molecular complexity index is 2030. The zero-order valence-electron chi connectivity index (χ0n) is 35.6. The van der Waals surface area contributed by atoms with Crippen LogP contribution in [0.5, 0.6) is 0 Å². The molecule has 0 amide bonds. The normalized spacial score (nSPS) is 16.8. The second kappa shape index (κ2) is 20.3. The fourth-order valence-corrected chi connectivity index (χ4v) is 7.44. The molecule has 56 heavy (non-hydrogen) atoms. The Morgan fingerprint density at radius 1 is 0.518 bits per heavy atom. The first-order valence-electron chi connectivity index (χ1n) is 19.5. The van der Waals surface area contributed by atoms with E-state index in [0.717, 1.165) is 12.8 Å². The van der Waals surface area contributed by atoms with Crippen molar-refractivity contribution in [2.45, 2.75) is 95.9 Å². The standard InChI is InChI=1S/2C23H23.2C3H6.2ClH.2Zr/c2*1-15-11-19(23(2,3)4)14-22(15)17-9-10-21-18(13-17)12-16-7-5-6-8-20(16)21;2*1-3-2;;;;/h2*5-11,14-15H,12H2,1-4H3;2*1-2H3;2*1H;;/q2*-1;;;;;2*+2/p-2. The Kier molecular flexibility index (Phi) is 17.5. The van der Waals surface area contributed by atoms with Crippen LogP contribution >= 0.6 is 0 Å². The molecule has 0 heterocycles. The summed E-state index contributed by atoms with van der Waals surface area (Å²) in [6, 6.07) is 34.0. The first kappa shape index (κ1) is 48.3. The summed E-state index contributed by atoms with van der Waals surface area (Å²) in [5.41, 5.74) is 19.7. The zero-order valence-corrected chi connectivity index (χ0v) is 42.0. The number of rotatable bonds is 2. The van der Waals surface area contributed by atoms with Crippen molar-refractivity contribution in [2.75, 3.05) is 0 Å². The van der Waals surface area contributed by atoms with Crippen molar-refractivity contribution < 1.29 is 73.3 Å². The predicted molar refractivity (Wildman–Crippen MR) is 229 cm³/mol. The van der Waals surface area contributed by atoms with E-state index >= 15 is 0 Å². The summed E-state index contributed by atoms with van der Waals surface area (Å²) >= 11 is 3.11. The van der Waals surface area contributed by atoms with E-state index in [1.807, 2.05) is 0 Å². The fourth-order valence-electron chi connectivity index (χ4n) is 7.44. The zero-order chi connectivity index (χ0) is 39.5. The minimum absolute atomic E-state index is 0. The molecule has 4 aliphatic rings. The Hall–Kier alpha value is -2.07. The van der Waals surface area contributed by atoms with Crippen molar-refractivity contribution in [3.05, 3.63) is 154 Å². The predicted octanol–water partition coefficient (Wildman–Crippen LogP) is 7.63. The van der Waals surface area contributed by atoms with Gasteiger partial charge in [-0.15, -0.1) is 69.8 Å². The SMILES string of the molecule is CC1C=C(C(C)(C)C)C=C1c1[c-]c2c(cc1)-c1ccccc1C2.CC1C=C(C(C)(C)C)C=C1c1[c-]c2c(cc1)-c1ccccc1C2.C[C](C)=[Zr+2].C[C](C)=[Zr+2].[Cl-].[Cl-]. The summed E-state index contributed by atoms with van der Waals surface area (Å²) in [6.45, 7) is 26.8. The van der Waals surface area contributed by atoms with Crippen molar-refractivity contribution in [1.29, 1.82) is 0 Å². The van der Waals surface area contributed by atoms with Crippen LogP contribution in [0.15, 0.2) is 108 Å². The van der Waals surface area contributed by atoms with Crippen molar-refractivity contribution in [1.82, 2.24) is 0 Å². The molecule has 2 unspecified atom stereocenters. The maximum atomic E-state index is 3.71. The molecular weight excluding hydrogens is 878 g/mol. The van der Waals surface area contributed by atoms with Gasteiger partial charge in [-0.2, -0.15) is 0 Å². The second-order valence-corrected chi connectivity index (χ2v) is 22.6. The molecule has 0 aliphatic heterocycles. The molecule has 4 aromatic carbocycles. The van der Waals surface area contributed by atoms with Gasteiger partial charge in [0.15, 0.2) is 0 Å². The molecule has 2 atom stereocenters. The van der Waals surface area contributed by atoms with Crippen LogP contribution in [0.2, 0.25) is 0 Å². The first-order chi connectivity index (χ1) is 25.3. The van der Waals surface area contributed by atoms with Gasteiger partial charge >= 0.3 is 82.6 Å². The molecule has 0 nitrogen and oxygen atoms in total. The van der Waals surface area contributed by atoms with Crippen LogP contribution in [-0.2, 0) is 61.3 Å². The van der Waals surface area contributed by atoms with E-state index in [0.29, 0.717) is 11.8 Å². The van der Waals surface area contributed by atoms with Gasteiger partial charge in [-0.25, -0.2) is 0 Å². The molecular formula is C52H58Cl2Zr2. The van der Waals surface area contributed by atoms with E-state index in [1.165, 1.54) is 84.3 Å². The van der Waals surface area contributed by atoms with E-state index in [2.05, 4.69) is 192 Å². The van der Waals surface area contributed by atoms with Crippen molar-refractivity contribution in [3.63, 3.8) is 0 Å². The van der Waals surface area contributed by atoms with Crippen LogP contribution < -0.4 is 24.8 Å². The number of fused-ring (bicyclic) bond motifs is 6. The van der Waals surface area contributed by atoms with Crippen LogP contribution in [0.4, 0.5) is 0 Å². The third-order valence-electron chi connectivity index (χ3n) is 10.2. The maximum Gasteiger partial charge on any atom is -1.00 e. The van der Waals surface area contributed by atoms with Gasteiger partial charge < -0.3 is 24.8 Å². The molecule has 0 N–H and O–H groups in total. The van der Waals surface area contributed by atoms with E-state index < -0.39 is 0 Å². The van der Waals surface area contributed by atoms with Gasteiger partial charge in [-0.3, -0.25) is 0 Å². The molecule has 4 aliphatic carbocycles. The third kappa shape index (κ3) is 12.0. The summed E-state index contributed by atoms with van der Waals surface area (Å²) in [7, 11) is 0. The van der Waals surface area contributed by atoms with Gasteiger partial charge in [0.1, 0.15) is 0 Å². The van der Waals surface area contributed by atoms with Gasteiger partial charge in [0.25, 0.3) is 0 Å². The molecule has 0 bridgehead atoms. The van der Waals surface area contributed by atoms with Crippen LogP contribution in [0, 0.1) is 34.8 Å². The Balaban J connectivity index is 0.000000245. The van der Waals surface area contributed by atoms with Gasteiger partial charge in [-0.05, 0) is 46.6 Å². The summed E-state index contributed by atoms with van der Waals surface area (Å²) in [6.07, 6.45) is 11.6. The summed E-state index contributed by atoms with van der Waals surface area (Å²) in [5, 5.41) is 0. The van der Waals surface area contributed by atoms with Crippen LogP contribution in [-0.4, -0.2) is 6.41 Å². The third-order valence-corrected chi connectivity index (χ3v) is 10.2. The number of halogens is 2. The van der Waals surface area contributed by atoms with Gasteiger partial charge in [0.2, 0.25) is 0 Å². The van der Waals surface area contributed by atoms with Crippen LogP contribution in [0.3, 0.4) is 0 Å². The number of hydrogen-bond acceptors (Lipinski definition) is 0. The van der Waals surface area contributed by atoms with Gasteiger partial charge in [-0.1, -0.05) is 162 Å². The van der Waals surface area contributed by atoms with E-state index in [4.69, 9.17) is 0 Å². The largest absolute Gasteiger partial charge is 1.00 e. The van der Waals surface area contributed by atoms with Crippen LogP contribution in [0.1, 0.15) is 116 Å². The monoisotopic (exact) mass is 932 g/mol. The van der Waals surface area contributed by atoms with Gasteiger partial charge in [0, 0.05) is 0 Å². The molecule has 0 saturated heterocycles. The Morgan fingerprint density at radius 2 is 0.839 bits per heavy atom. The smallest absolute Gasteiger partial charge is 1.00 e. The van der Waals surface area contributed by atoms with E-state index in [-0.39, 0.29) is 35.6 Å². The molecule has 4 aromatic rings. The minimum Gasteiger partial charge on any atom is -1.00 e. The molecule has 0 fully saturated rings.